The van der Waals surface area contributed by atoms with Crippen LogP contribution in [-0.2, 0) is 10.2 Å². The number of benzene rings is 1. The normalized spacial score (nSPS) is 44.4. The third kappa shape index (κ3) is 2.93. The topological polar surface area (TPSA) is 55.1 Å². The zero-order chi connectivity index (χ0) is 19.4. The van der Waals surface area contributed by atoms with Crippen LogP contribution in [0.5, 0.6) is 0 Å². The Balaban J connectivity index is 1.42. The number of nitrogens with one attached hydrogen (secondary N) is 1. The van der Waals surface area contributed by atoms with Gasteiger partial charge in [-0.1, -0.05) is 43.7 Å². The average Bonchev–Trinajstić information content (AvgIpc) is 2.70. The summed E-state index contributed by atoms with van der Waals surface area (Å²) in [6, 6.07) is 11.8. The zero-order valence-corrected chi connectivity index (χ0v) is 17.3. The van der Waals surface area contributed by atoms with Crippen molar-refractivity contribution in [3.8, 4) is 0 Å². The standard InChI is InChI=1S/C25H36N2O/c1-2-22-17-12-24(19-6-4-3-5-7-19)13-18(22)15-25(14-17,16-24)23(28)27-21-10-8-20(26)9-11-21/h3-7,17-18,20-22H,2,8-16,26H2,1H3,(H,27,28)/t17-,18?,20?,21?,22?,24?,25?/m1/s1. The third-order valence-corrected chi connectivity index (χ3v) is 8.95. The van der Waals surface area contributed by atoms with Gasteiger partial charge in [0.05, 0.1) is 5.41 Å². The molecule has 5 aliphatic carbocycles. The molecule has 4 bridgehead atoms. The lowest BCUT2D eigenvalue weighted by atomic mass is 9.39. The number of carbonyl (C=O) groups is 1. The molecule has 5 fully saturated rings. The molecule has 28 heavy (non-hydrogen) atoms. The first-order valence-corrected chi connectivity index (χ1v) is 11.7. The second-order valence-corrected chi connectivity index (χ2v) is 10.6. The lowest BCUT2D eigenvalue weighted by Gasteiger charge is -2.64. The van der Waals surface area contributed by atoms with Crippen LogP contribution in [0.3, 0.4) is 0 Å². The molecule has 0 aromatic heterocycles. The van der Waals surface area contributed by atoms with Crippen molar-refractivity contribution in [2.24, 2.45) is 28.9 Å². The number of amides is 1. The van der Waals surface area contributed by atoms with Gasteiger partial charge in [0.15, 0.2) is 0 Å². The van der Waals surface area contributed by atoms with Gasteiger partial charge in [-0.3, -0.25) is 4.79 Å². The predicted molar refractivity (Wildman–Crippen MR) is 113 cm³/mol. The van der Waals surface area contributed by atoms with Crippen LogP contribution in [0.2, 0.25) is 0 Å². The lowest BCUT2D eigenvalue weighted by Crippen LogP contribution is -2.62. The van der Waals surface area contributed by atoms with Crippen molar-refractivity contribution in [1.82, 2.24) is 5.32 Å². The maximum absolute atomic E-state index is 13.7. The smallest absolute Gasteiger partial charge is 0.226 e. The molecule has 5 saturated carbocycles. The van der Waals surface area contributed by atoms with Crippen LogP contribution < -0.4 is 11.1 Å². The number of carbonyl (C=O) groups excluding carboxylic acids is 1. The van der Waals surface area contributed by atoms with Gasteiger partial charge in [0.2, 0.25) is 5.91 Å². The van der Waals surface area contributed by atoms with Gasteiger partial charge in [0.25, 0.3) is 0 Å². The van der Waals surface area contributed by atoms with Crippen LogP contribution in [0.1, 0.15) is 76.7 Å². The zero-order valence-electron chi connectivity index (χ0n) is 17.3. The molecular weight excluding hydrogens is 344 g/mol. The van der Waals surface area contributed by atoms with Crippen molar-refractivity contribution >= 4 is 5.91 Å². The summed E-state index contributed by atoms with van der Waals surface area (Å²) in [5.74, 6) is 2.64. The minimum atomic E-state index is -0.132. The minimum absolute atomic E-state index is 0.132. The molecule has 6 rings (SSSR count). The number of nitrogens with two attached hydrogens (primary N) is 1. The van der Waals surface area contributed by atoms with Crippen LogP contribution in [0.25, 0.3) is 0 Å². The average molecular weight is 381 g/mol. The monoisotopic (exact) mass is 380 g/mol. The molecule has 3 N–H and O–H groups in total. The molecule has 1 aromatic rings. The number of rotatable bonds is 4. The first-order chi connectivity index (χ1) is 13.5. The highest BCUT2D eigenvalue weighted by Gasteiger charge is 2.63. The van der Waals surface area contributed by atoms with E-state index in [1.807, 2.05) is 0 Å². The molecule has 152 valence electrons. The van der Waals surface area contributed by atoms with Crippen LogP contribution in [-0.4, -0.2) is 18.0 Å². The van der Waals surface area contributed by atoms with Gasteiger partial charge in [0, 0.05) is 12.1 Å². The quantitative estimate of drug-likeness (QED) is 0.805. The van der Waals surface area contributed by atoms with E-state index in [9.17, 15) is 4.79 Å². The Morgan fingerprint density at radius 2 is 1.68 bits per heavy atom. The van der Waals surface area contributed by atoms with Crippen LogP contribution in [0, 0.1) is 23.2 Å². The molecular formula is C25H36N2O. The maximum Gasteiger partial charge on any atom is 0.226 e. The number of hydrogen-bond acceptors (Lipinski definition) is 2. The molecule has 5 aliphatic rings. The molecule has 0 radical (unpaired) electrons. The van der Waals surface area contributed by atoms with Crippen molar-refractivity contribution in [3.63, 3.8) is 0 Å². The second kappa shape index (κ2) is 6.86. The van der Waals surface area contributed by atoms with Crippen molar-refractivity contribution < 1.29 is 4.79 Å². The maximum atomic E-state index is 13.7. The number of hydrogen-bond donors (Lipinski definition) is 2. The molecule has 0 spiro atoms. The third-order valence-electron chi connectivity index (χ3n) is 8.95. The van der Waals surface area contributed by atoms with Gasteiger partial charge in [-0.15, -0.1) is 0 Å². The second-order valence-electron chi connectivity index (χ2n) is 10.6. The molecule has 5 atom stereocenters. The van der Waals surface area contributed by atoms with Crippen LogP contribution in [0.4, 0.5) is 0 Å². The first kappa shape index (κ1) is 18.7. The fraction of sp³-hybridized carbons (Fsp3) is 0.720. The fourth-order valence-electron chi connectivity index (χ4n) is 7.91. The van der Waals surface area contributed by atoms with Crippen molar-refractivity contribution in [1.29, 1.82) is 0 Å². The molecule has 0 saturated heterocycles. The summed E-state index contributed by atoms with van der Waals surface area (Å²) in [4.78, 5) is 13.7. The van der Waals surface area contributed by atoms with Gasteiger partial charge in [-0.25, -0.2) is 0 Å². The summed E-state index contributed by atoms with van der Waals surface area (Å²) < 4.78 is 0. The van der Waals surface area contributed by atoms with E-state index < -0.39 is 0 Å². The molecule has 1 amide bonds. The van der Waals surface area contributed by atoms with E-state index >= 15 is 0 Å². The Bertz CT molecular complexity index is 705. The lowest BCUT2D eigenvalue weighted by molar-refractivity contribution is -0.158. The Morgan fingerprint density at radius 3 is 2.29 bits per heavy atom. The summed E-state index contributed by atoms with van der Waals surface area (Å²) >= 11 is 0. The largest absolute Gasteiger partial charge is 0.353 e. The molecule has 3 heteroatoms. The minimum Gasteiger partial charge on any atom is -0.353 e. The van der Waals surface area contributed by atoms with Gasteiger partial charge in [-0.05, 0) is 86.5 Å². The van der Waals surface area contributed by atoms with Crippen molar-refractivity contribution in [3.05, 3.63) is 35.9 Å². The highest BCUT2D eigenvalue weighted by molar-refractivity contribution is 5.84. The Kier molecular flexibility index (Phi) is 4.58. The Morgan fingerprint density at radius 1 is 1.04 bits per heavy atom. The summed E-state index contributed by atoms with van der Waals surface area (Å²) in [7, 11) is 0. The van der Waals surface area contributed by atoms with E-state index in [1.165, 1.54) is 24.8 Å². The Labute approximate surface area is 169 Å². The highest BCUT2D eigenvalue weighted by Crippen LogP contribution is 2.68. The summed E-state index contributed by atoms with van der Waals surface area (Å²) in [5, 5.41) is 3.50. The van der Waals surface area contributed by atoms with Crippen LogP contribution in [0.15, 0.2) is 30.3 Å². The van der Waals surface area contributed by atoms with E-state index in [2.05, 4.69) is 42.6 Å². The van der Waals surface area contributed by atoms with Gasteiger partial charge in [0.1, 0.15) is 0 Å². The fourth-order valence-corrected chi connectivity index (χ4v) is 7.91. The van der Waals surface area contributed by atoms with Crippen molar-refractivity contribution in [2.75, 3.05) is 0 Å². The molecule has 3 nitrogen and oxygen atoms in total. The summed E-state index contributed by atoms with van der Waals surface area (Å²) in [5.41, 5.74) is 7.65. The van der Waals surface area contributed by atoms with Gasteiger partial charge in [-0.2, -0.15) is 0 Å². The van der Waals surface area contributed by atoms with E-state index in [1.54, 1.807) is 0 Å². The molecule has 1 aromatic carbocycles. The van der Waals surface area contributed by atoms with E-state index in [0.717, 1.165) is 62.7 Å². The van der Waals surface area contributed by atoms with E-state index in [-0.39, 0.29) is 10.8 Å². The Hall–Kier alpha value is -1.35. The molecule has 0 heterocycles. The predicted octanol–water partition coefficient (Wildman–Crippen LogP) is 4.55. The summed E-state index contributed by atoms with van der Waals surface area (Å²) in [6.45, 7) is 2.36. The first-order valence-electron chi connectivity index (χ1n) is 11.7. The van der Waals surface area contributed by atoms with E-state index in [0.29, 0.717) is 18.0 Å². The molecule has 4 unspecified atom stereocenters. The van der Waals surface area contributed by atoms with Gasteiger partial charge >= 0.3 is 0 Å². The van der Waals surface area contributed by atoms with Crippen molar-refractivity contribution in [2.45, 2.75) is 88.6 Å². The SMILES string of the molecule is CCC1C2CC3(C(=O)NC4CCC(N)CC4)C[C@H]1CC(c1ccccc1)(C2)C3. The molecule has 0 aliphatic heterocycles. The highest BCUT2D eigenvalue weighted by atomic mass is 16.2. The van der Waals surface area contributed by atoms with Crippen LogP contribution >= 0.6 is 0 Å². The summed E-state index contributed by atoms with van der Waals surface area (Å²) in [6.07, 6.45) is 11.4. The van der Waals surface area contributed by atoms with E-state index in [4.69, 9.17) is 5.73 Å². The van der Waals surface area contributed by atoms with Gasteiger partial charge < -0.3 is 11.1 Å².